The third-order valence-corrected chi connectivity index (χ3v) is 2.92. The Morgan fingerprint density at radius 2 is 2.29 bits per heavy atom. The monoisotopic (exact) mass is 191 g/mol. The van der Waals surface area contributed by atoms with Gasteiger partial charge in [0, 0.05) is 24.8 Å². The largest absolute Gasteiger partial charge is 0.369 e. The maximum atomic E-state index is 5.87. The van der Waals surface area contributed by atoms with E-state index in [0.29, 0.717) is 6.04 Å². The average Bonchev–Trinajstić information content (AvgIpc) is 2.57. The van der Waals surface area contributed by atoms with Gasteiger partial charge in [0.05, 0.1) is 11.9 Å². The van der Waals surface area contributed by atoms with E-state index in [0.717, 1.165) is 25.2 Å². The molecule has 3 heteroatoms. The molecule has 0 bridgehead atoms. The van der Waals surface area contributed by atoms with Crippen molar-refractivity contribution in [2.24, 2.45) is 5.73 Å². The first-order valence-electron chi connectivity index (χ1n) is 5.10. The molecule has 3 nitrogen and oxygen atoms in total. The van der Waals surface area contributed by atoms with Gasteiger partial charge in [0.15, 0.2) is 0 Å². The molecule has 0 unspecified atom stereocenters. The lowest BCUT2D eigenvalue weighted by Gasteiger charge is -2.18. The molecule has 2 N–H and O–H groups in total. The third kappa shape index (κ3) is 1.73. The molecular weight excluding hydrogens is 174 g/mol. The van der Waals surface area contributed by atoms with Crippen molar-refractivity contribution in [3.63, 3.8) is 0 Å². The molecule has 0 radical (unpaired) electrons. The first-order valence-corrected chi connectivity index (χ1v) is 5.10. The van der Waals surface area contributed by atoms with Gasteiger partial charge in [0.25, 0.3) is 0 Å². The van der Waals surface area contributed by atoms with E-state index in [1.807, 2.05) is 13.1 Å². The van der Waals surface area contributed by atoms with Gasteiger partial charge in [-0.1, -0.05) is 0 Å². The van der Waals surface area contributed by atoms with Gasteiger partial charge in [-0.25, -0.2) is 0 Å². The van der Waals surface area contributed by atoms with Crippen LogP contribution in [-0.2, 0) is 0 Å². The van der Waals surface area contributed by atoms with Crippen LogP contribution in [0, 0.1) is 13.8 Å². The molecule has 1 atom stereocenters. The Bertz CT molecular complexity index is 335. The molecule has 2 rings (SSSR count). The lowest BCUT2D eigenvalue weighted by atomic mass is 10.2. The predicted octanol–water partition coefficient (Wildman–Crippen LogP) is 1.24. The highest BCUT2D eigenvalue weighted by molar-refractivity contribution is 5.48. The Morgan fingerprint density at radius 3 is 2.86 bits per heavy atom. The Balaban J connectivity index is 2.20. The molecule has 0 aliphatic carbocycles. The summed E-state index contributed by atoms with van der Waals surface area (Å²) in [5, 5.41) is 0. The van der Waals surface area contributed by atoms with Crippen LogP contribution in [0.1, 0.15) is 17.7 Å². The molecule has 1 aromatic heterocycles. The summed E-state index contributed by atoms with van der Waals surface area (Å²) >= 11 is 0. The summed E-state index contributed by atoms with van der Waals surface area (Å²) in [4.78, 5) is 6.68. The normalized spacial score (nSPS) is 21.6. The molecule has 0 aromatic carbocycles. The number of rotatable bonds is 1. The van der Waals surface area contributed by atoms with Crippen molar-refractivity contribution in [2.75, 3.05) is 18.0 Å². The molecule has 1 aliphatic rings. The number of pyridine rings is 1. The van der Waals surface area contributed by atoms with E-state index < -0.39 is 0 Å². The van der Waals surface area contributed by atoms with Gasteiger partial charge in [-0.2, -0.15) is 0 Å². The SMILES string of the molecule is Cc1cc(N2CC[C@@H](N)C2)cnc1C. The number of hydrogen-bond donors (Lipinski definition) is 1. The molecule has 1 aromatic rings. The fraction of sp³-hybridized carbons (Fsp3) is 0.545. The first kappa shape index (κ1) is 9.46. The van der Waals surface area contributed by atoms with Crippen molar-refractivity contribution < 1.29 is 0 Å². The maximum absolute atomic E-state index is 5.87. The average molecular weight is 191 g/mol. The minimum Gasteiger partial charge on any atom is -0.369 e. The molecule has 76 valence electrons. The molecule has 0 saturated carbocycles. The Morgan fingerprint density at radius 1 is 1.50 bits per heavy atom. The highest BCUT2D eigenvalue weighted by Crippen LogP contribution is 2.20. The number of hydrogen-bond acceptors (Lipinski definition) is 3. The zero-order valence-electron chi connectivity index (χ0n) is 8.83. The van der Waals surface area contributed by atoms with Gasteiger partial charge in [0.1, 0.15) is 0 Å². The number of nitrogens with zero attached hydrogens (tertiary/aromatic N) is 2. The van der Waals surface area contributed by atoms with Crippen molar-refractivity contribution in [2.45, 2.75) is 26.3 Å². The van der Waals surface area contributed by atoms with Crippen LogP contribution in [0.15, 0.2) is 12.3 Å². The van der Waals surface area contributed by atoms with Gasteiger partial charge < -0.3 is 10.6 Å². The lowest BCUT2D eigenvalue weighted by molar-refractivity contribution is 0.752. The summed E-state index contributed by atoms with van der Waals surface area (Å²) in [6.45, 7) is 6.16. The van der Waals surface area contributed by atoms with E-state index in [-0.39, 0.29) is 0 Å². The molecule has 0 spiro atoms. The topological polar surface area (TPSA) is 42.1 Å². The fourth-order valence-electron chi connectivity index (χ4n) is 1.82. The van der Waals surface area contributed by atoms with Gasteiger partial charge in [-0.3, -0.25) is 4.98 Å². The highest BCUT2D eigenvalue weighted by Gasteiger charge is 2.19. The van der Waals surface area contributed by atoms with Gasteiger partial charge in [-0.05, 0) is 31.9 Å². The van der Waals surface area contributed by atoms with Crippen LogP contribution in [0.2, 0.25) is 0 Å². The number of nitrogens with two attached hydrogens (primary N) is 1. The zero-order valence-corrected chi connectivity index (χ0v) is 8.83. The minimum atomic E-state index is 0.330. The summed E-state index contributed by atoms with van der Waals surface area (Å²) in [5.74, 6) is 0. The van der Waals surface area contributed by atoms with E-state index >= 15 is 0 Å². The molecule has 2 heterocycles. The molecule has 1 saturated heterocycles. The third-order valence-electron chi connectivity index (χ3n) is 2.92. The van der Waals surface area contributed by atoms with E-state index in [4.69, 9.17) is 5.73 Å². The first-order chi connectivity index (χ1) is 6.66. The van der Waals surface area contributed by atoms with E-state index in [2.05, 4.69) is 22.9 Å². The van der Waals surface area contributed by atoms with Crippen LogP contribution in [-0.4, -0.2) is 24.1 Å². The molecule has 0 amide bonds. The second-order valence-corrected chi connectivity index (χ2v) is 4.09. The molecule has 14 heavy (non-hydrogen) atoms. The summed E-state index contributed by atoms with van der Waals surface area (Å²) in [5.41, 5.74) is 9.44. The number of anilines is 1. The summed E-state index contributed by atoms with van der Waals surface area (Å²) < 4.78 is 0. The van der Waals surface area contributed by atoms with E-state index in [1.54, 1.807) is 0 Å². The second-order valence-electron chi connectivity index (χ2n) is 4.09. The van der Waals surface area contributed by atoms with Crippen molar-refractivity contribution in [3.8, 4) is 0 Å². The van der Waals surface area contributed by atoms with Crippen LogP contribution in [0.25, 0.3) is 0 Å². The Hall–Kier alpha value is -1.09. The molecular formula is C11H17N3. The van der Waals surface area contributed by atoms with Gasteiger partial charge in [-0.15, -0.1) is 0 Å². The zero-order chi connectivity index (χ0) is 10.1. The lowest BCUT2D eigenvalue weighted by Crippen LogP contribution is -2.26. The van der Waals surface area contributed by atoms with Gasteiger partial charge >= 0.3 is 0 Å². The van der Waals surface area contributed by atoms with Crippen LogP contribution in [0.4, 0.5) is 5.69 Å². The molecule has 1 aliphatic heterocycles. The van der Waals surface area contributed by atoms with Crippen LogP contribution < -0.4 is 10.6 Å². The summed E-state index contributed by atoms with van der Waals surface area (Å²) in [6.07, 6.45) is 3.04. The van der Waals surface area contributed by atoms with Crippen LogP contribution in [0.3, 0.4) is 0 Å². The highest BCUT2D eigenvalue weighted by atomic mass is 15.2. The Labute approximate surface area is 84.9 Å². The van der Waals surface area contributed by atoms with E-state index in [1.165, 1.54) is 11.3 Å². The summed E-state index contributed by atoms with van der Waals surface area (Å²) in [6, 6.07) is 2.53. The van der Waals surface area contributed by atoms with Crippen LogP contribution in [0.5, 0.6) is 0 Å². The summed E-state index contributed by atoms with van der Waals surface area (Å²) in [7, 11) is 0. The maximum Gasteiger partial charge on any atom is 0.0556 e. The van der Waals surface area contributed by atoms with E-state index in [9.17, 15) is 0 Å². The Kier molecular flexibility index (Phi) is 2.42. The second kappa shape index (κ2) is 3.58. The standard InChI is InChI=1S/C11H17N3/c1-8-5-11(6-13-9(8)2)14-4-3-10(12)7-14/h5-6,10H,3-4,7,12H2,1-2H3/t10-/m1/s1. The number of aryl methyl sites for hydroxylation is 2. The van der Waals surface area contributed by atoms with Crippen molar-refractivity contribution in [1.29, 1.82) is 0 Å². The molecule has 1 fully saturated rings. The van der Waals surface area contributed by atoms with Crippen LogP contribution >= 0.6 is 0 Å². The minimum absolute atomic E-state index is 0.330. The fourth-order valence-corrected chi connectivity index (χ4v) is 1.82. The van der Waals surface area contributed by atoms with Crippen molar-refractivity contribution in [1.82, 2.24) is 4.98 Å². The number of aromatic nitrogens is 1. The quantitative estimate of drug-likeness (QED) is 0.726. The van der Waals surface area contributed by atoms with Crippen molar-refractivity contribution >= 4 is 5.69 Å². The van der Waals surface area contributed by atoms with Crippen molar-refractivity contribution in [3.05, 3.63) is 23.5 Å². The predicted molar refractivity (Wildman–Crippen MR) is 58.5 cm³/mol. The van der Waals surface area contributed by atoms with Gasteiger partial charge in [0.2, 0.25) is 0 Å². The smallest absolute Gasteiger partial charge is 0.0556 e.